The lowest BCUT2D eigenvalue weighted by Gasteiger charge is -2.29. The number of hydrogen-bond acceptors (Lipinski definition) is 1. The fourth-order valence-electron chi connectivity index (χ4n) is 4.10. The van der Waals surface area contributed by atoms with Gasteiger partial charge >= 0.3 is 0 Å². The van der Waals surface area contributed by atoms with Gasteiger partial charge in [0.15, 0.2) is 0 Å². The minimum absolute atomic E-state index is 0.263. The topological polar surface area (TPSA) is 15.4 Å². The molecule has 0 radical (unpaired) electrons. The van der Waals surface area contributed by atoms with Crippen molar-refractivity contribution in [2.24, 2.45) is 34.1 Å². The Balaban J connectivity index is 3.15. The molecule has 130 valence electrons. The van der Waals surface area contributed by atoms with Crippen molar-refractivity contribution in [1.82, 2.24) is 4.90 Å². The Labute approximate surface area is 139 Å². The second-order valence-electron chi connectivity index (χ2n) is 9.62. The number of nitrogens with zero attached hydrogens (tertiary/aromatic N) is 2. The summed E-state index contributed by atoms with van der Waals surface area (Å²) in [6.07, 6.45) is 0. The smallest absolute Gasteiger partial charge is 0.124 e. The highest BCUT2D eigenvalue weighted by Crippen LogP contribution is 2.43. The number of aliphatic imine (C=N–C) groups is 1. The Kier molecular flexibility index (Phi) is 6.14. The number of rotatable bonds is 6. The van der Waals surface area contributed by atoms with Crippen LogP contribution in [0, 0.1) is 29.1 Å². The van der Waals surface area contributed by atoms with E-state index in [-0.39, 0.29) is 5.41 Å². The van der Waals surface area contributed by atoms with Gasteiger partial charge in [-0.15, -0.1) is 0 Å². The highest BCUT2D eigenvalue weighted by molar-refractivity contribution is 6.03. The summed E-state index contributed by atoms with van der Waals surface area (Å²) in [4.78, 5) is 7.88. The van der Waals surface area contributed by atoms with Gasteiger partial charge in [0.05, 0.1) is 12.1 Å². The molecule has 0 bridgehead atoms. The molecule has 1 saturated heterocycles. The molecule has 0 aromatic rings. The van der Waals surface area contributed by atoms with Gasteiger partial charge in [0.1, 0.15) is 5.84 Å². The third kappa shape index (κ3) is 4.26. The predicted octanol–water partition coefficient (Wildman–Crippen LogP) is 5.48. The first-order chi connectivity index (χ1) is 9.89. The Hall–Kier alpha value is -0.530. The first-order valence-electron chi connectivity index (χ1n) is 9.25. The predicted molar refractivity (Wildman–Crippen MR) is 99.4 cm³/mol. The lowest BCUT2D eigenvalue weighted by Crippen LogP contribution is -2.34. The average Bonchev–Trinajstić information content (AvgIpc) is 2.97. The molecule has 0 aliphatic carbocycles. The summed E-state index contributed by atoms with van der Waals surface area (Å²) in [5.41, 5.74) is 0.263. The van der Waals surface area contributed by atoms with Gasteiger partial charge in [-0.2, -0.15) is 0 Å². The van der Waals surface area contributed by atoms with Crippen molar-refractivity contribution < 1.29 is 0 Å². The molecular formula is C20H40N2. The summed E-state index contributed by atoms with van der Waals surface area (Å²) >= 11 is 0. The summed E-state index contributed by atoms with van der Waals surface area (Å²) in [5, 5.41) is 0. The molecule has 0 aromatic heterocycles. The molecule has 2 nitrogen and oxygen atoms in total. The van der Waals surface area contributed by atoms with Gasteiger partial charge in [-0.05, 0) is 29.1 Å². The summed E-state index contributed by atoms with van der Waals surface area (Å²) in [7, 11) is 0. The van der Waals surface area contributed by atoms with E-state index in [2.05, 4.69) is 81.1 Å². The van der Waals surface area contributed by atoms with Crippen molar-refractivity contribution in [1.29, 1.82) is 0 Å². The second kappa shape index (κ2) is 6.93. The number of amidine groups is 1. The van der Waals surface area contributed by atoms with Crippen molar-refractivity contribution in [3.8, 4) is 0 Å². The minimum Gasteiger partial charge on any atom is -0.344 e. The quantitative estimate of drug-likeness (QED) is 0.593. The van der Waals surface area contributed by atoms with Crippen LogP contribution >= 0.6 is 0 Å². The van der Waals surface area contributed by atoms with Crippen LogP contribution in [0.4, 0.5) is 0 Å². The molecule has 0 N–H and O–H groups in total. The van der Waals surface area contributed by atoms with E-state index >= 15 is 0 Å². The molecule has 22 heavy (non-hydrogen) atoms. The molecule has 1 heterocycles. The van der Waals surface area contributed by atoms with Crippen LogP contribution in [-0.2, 0) is 0 Å². The first kappa shape index (κ1) is 19.5. The van der Waals surface area contributed by atoms with E-state index in [1.54, 1.807) is 0 Å². The molecule has 1 rings (SSSR count). The molecule has 1 atom stereocenters. The maximum atomic E-state index is 5.24. The molecule has 0 aromatic carbocycles. The van der Waals surface area contributed by atoms with Crippen molar-refractivity contribution in [3.63, 3.8) is 0 Å². The fourth-order valence-corrected chi connectivity index (χ4v) is 4.10. The lowest BCUT2D eigenvalue weighted by atomic mass is 9.89. The lowest BCUT2D eigenvalue weighted by molar-refractivity contribution is 0.198. The highest BCUT2D eigenvalue weighted by Gasteiger charge is 2.54. The highest BCUT2D eigenvalue weighted by atomic mass is 15.4. The summed E-state index contributed by atoms with van der Waals surface area (Å²) in [6, 6.07) is 1.55. The standard InChI is InChI=1S/C20H40N2/c1-12(2)16(13(3)4)21-19-18(20(9,10)11)22(19)17(14(5)6)15(7)8/h12-18H,1-11H3. The molecular weight excluding hydrogens is 268 g/mol. The summed E-state index contributed by atoms with van der Waals surface area (Å²) < 4.78 is 0. The molecule has 0 amide bonds. The molecule has 1 aliphatic heterocycles. The van der Waals surface area contributed by atoms with Gasteiger partial charge in [-0.25, -0.2) is 0 Å². The van der Waals surface area contributed by atoms with Gasteiger partial charge in [-0.3, -0.25) is 4.99 Å². The van der Waals surface area contributed by atoms with Gasteiger partial charge in [0, 0.05) is 6.04 Å². The van der Waals surface area contributed by atoms with Crippen molar-refractivity contribution >= 4 is 5.84 Å². The van der Waals surface area contributed by atoms with Gasteiger partial charge in [0.2, 0.25) is 0 Å². The van der Waals surface area contributed by atoms with E-state index in [9.17, 15) is 0 Å². The Morgan fingerprint density at radius 3 is 1.45 bits per heavy atom. The maximum absolute atomic E-state index is 5.24. The normalized spacial score (nSPS) is 21.6. The van der Waals surface area contributed by atoms with Crippen LogP contribution in [0.5, 0.6) is 0 Å². The average molecular weight is 309 g/mol. The van der Waals surface area contributed by atoms with Gasteiger partial charge in [-0.1, -0.05) is 76.2 Å². The minimum atomic E-state index is 0.263. The Bertz CT molecular complexity index is 369. The second-order valence-corrected chi connectivity index (χ2v) is 9.62. The molecule has 1 fully saturated rings. The van der Waals surface area contributed by atoms with Crippen LogP contribution in [0.25, 0.3) is 0 Å². The zero-order valence-corrected chi connectivity index (χ0v) is 16.9. The number of hydrogen-bond donors (Lipinski definition) is 0. The molecule has 2 heteroatoms. The molecule has 1 aliphatic rings. The van der Waals surface area contributed by atoms with Crippen LogP contribution in [0.1, 0.15) is 76.2 Å². The van der Waals surface area contributed by atoms with Crippen LogP contribution in [0.15, 0.2) is 4.99 Å². The van der Waals surface area contributed by atoms with Crippen LogP contribution < -0.4 is 0 Å². The van der Waals surface area contributed by atoms with E-state index in [0.717, 1.165) is 0 Å². The fraction of sp³-hybridized carbons (Fsp3) is 0.950. The zero-order chi connectivity index (χ0) is 17.4. The van der Waals surface area contributed by atoms with Crippen LogP contribution in [0.3, 0.4) is 0 Å². The zero-order valence-electron chi connectivity index (χ0n) is 16.9. The third-order valence-electron chi connectivity index (χ3n) is 4.87. The molecule has 1 unspecified atom stereocenters. The summed E-state index contributed by atoms with van der Waals surface area (Å²) in [6.45, 7) is 25.7. The van der Waals surface area contributed by atoms with Gasteiger partial charge < -0.3 is 4.90 Å². The first-order valence-corrected chi connectivity index (χ1v) is 9.25. The largest absolute Gasteiger partial charge is 0.344 e. The van der Waals surface area contributed by atoms with Crippen LogP contribution in [0.2, 0.25) is 0 Å². The van der Waals surface area contributed by atoms with Crippen molar-refractivity contribution in [3.05, 3.63) is 0 Å². The van der Waals surface area contributed by atoms with Gasteiger partial charge in [0.25, 0.3) is 0 Å². The van der Waals surface area contributed by atoms with Crippen LogP contribution in [-0.4, -0.2) is 28.9 Å². The van der Waals surface area contributed by atoms with E-state index in [4.69, 9.17) is 4.99 Å². The van der Waals surface area contributed by atoms with E-state index in [1.165, 1.54) is 5.84 Å². The Morgan fingerprint density at radius 1 is 0.773 bits per heavy atom. The van der Waals surface area contributed by atoms with Crippen molar-refractivity contribution in [2.75, 3.05) is 0 Å². The van der Waals surface area contributed by atoms with E-state index < -0.39 is 0 Å². The molecule has 0 saturated carbocycles. The SMILES string of the molecule is CC(C)C(N=C1C(C(C)(C)C)N1C(C(C)C)C(C)C)C(C)C. The van der Waals surface area contributed by atoms with E-state index in [0.29, 0.717) is 41.8 Å². The Morgan fingerprint density at radius 2 is 1.18 bits per heavy atom. The monoisotopic (exact) mass is 308 g/mol. The maximum Gasteiger partial charge on any atom is 0.124 e. The van der Waals surface area contributed by atoms with E-state index in [1.807, 2.05) is 0 Å². The summed E-state index contributed by atoms with van der Waals surface area (Å²) in [5.74, 6) is 3.90. The molecule has 0 spiro atoms. The van der Waals surface area contributed by atoms with Crippen molar-refractivity contribution in [2.45, 2.75) is 94.3 Å². The third-order valence-corrected chi connectivity index (χ3v) is 4.87.